The molecule has 0 aliphatic carbocycles. The van der Waals surface area contributed by atoms with Gasteiger partial charge >= 0.3 is 0 Å². The lowest BCUT2D eigenvalue weighted by atomic mass is 10.1. The molecular formula is C15H13BrF2O2. The van der Waals surface area contributed by atoms with Gasteiger partial charge in [-0.1, -0.05) is 22.0 Å². The van der Waals surface area contributed by atoms with Crippen molar-refractivity contribution in [1.82, 2.24) is 0 Å². The van der Waals surface area contributed by atoms with Crippen LogP contribution < -0.4 is 4.74 Å². The van der Waals surface area contributed by atoms with E-state index in [1.807, 2.05) is 6.07 Å². The predicted octanol–water partition coefficient (Wildman–Crippen LogP) is 4.11. The van der Waals surface area contributed by atoms with E-state index in [-0.39, 0.29) is 18.8 Å². The number of hydrogen-bond donors (Lipinski definition) is 1. The van der Waals surface area contributed by atoms with Gasteiger partial charge in [0.15, 0.2) is 0 Å². The number of aliphatic hydroxyl groups is 1. The maximum Gasteiger partial charge on any atom is 0.132 e. The van der Waals surface area contributed by atoms with Gasteiger partial charge < -0.3 is 9.84 Å². The average molecular weight is 343 g/mol. The average Bonchev–Trinajstić information content (AvgIpc) is 2.39. The van der Waals surface area contributed by atoms with Crippen molar-refractivity contribution in [2.45, 2.75) is 20.1 Å². The Morgan fingerprint density at radius 2 is 1.85 bits per heavy atom. The zero-order valence-electron chi connectivity index (χ0n) is 10.8. The molecule has 0 radical (unpaired) electrons. The summed E-state index contributed by atoms with van der Waals surface area (Å²) in [6.07, 6.45) is 0. The molecule has 0 spiro atoms. The molecule has 0 bridgehead atoms. The van der Waals surface area contributed by atoms with E-state index in [9.17, 15) is 13.9 Å². The molecule has 0 saturated carbocycles. The van der Waals surface area contributed by atoms with Crippen LogP contribution in [0.15, 0.2) is 34.8 Å². The zero-order chi connectivity index (χ0) is 14.7. The van der Waals surface area contributed by atoms with Crippen LogP contribution in [-0.4, -0.2) is 5.11 Å². The normalized spacial score (nSPS) is 10.7. The van der Waals surface area contributed by atoms with Crippen LogP contribution in [0.2, 0.25) is 0 Å². The number of halogens is 3. The molecule has 106 valence electrons. The Hall–Kier alpha value is -1.46. The van der Waals surface area contributed by atoms with Gasteiger partial charge in [0.05, 0.1) is 12.2 Å². The Morgan fingerprint density at radius 3 is 2.45 bits per heavy atom. The smallest absolute Gasteiger partial charge is 0.132 e. The molecule has 5 heteroatoms. The second-order valence-corrected chi connectivity index (χ2v) is 5.27. The van der Waals surface area contributed by atoms with Crippen LogP contribution >= 0.6 is 15.9 Å². The van der Waals surface area contributed by atoms with Crippen LogP contribution in [0, 0.1) is 18.6 Å². The van der Waals surface area contributed by atoms with Gasteiger partial charge in [-0.3, -0.25) is 0 Å². The molecule has 2 rings (SSSR count). The largest absolute Gasteiger partial charge is 0.488 e. The summed E-state index contributed by atoms with van der Waals surface area (Å²) in [4.78, 5) is 0. The summed E-state index contributed by atoms with van der Waals surface area (Å²) < 4.78 is 33.4. The van der Waals surface area contributed by atoms with E-state index in [2.05, 4.69) is 15.9 Å². The minimum absolute atomic E-state index is 0.126. The van der Waals surface area contributed by atoms with Gasteiger partial charge in [0.1, 0.15) is 24.0 Å². The molecule has 0 amide bonds. The first-order chi connectivity index (χ1) is 9.52. The monoisotopic (exact) mass is 342 g/mol. The van der Waals surface area contributed by atoms with Gasteiger partial charge in [0.2, 0.25) is 0 Å². The first-order valence-corrected chi connectivity index (χ1v) is 6.77. The molecule has 0 saturated heterocycles. The number of aliphatic hydroxyl groups excluding tert-OH is 1. The van der Waals surface area contributed by atoms with E-state index in [0.29, 0.717) is 11.3 Å². The fourth-order valence-electron chi connectivity index (χ4n) is 1.94. The summed E-state index contributed by atoms with van der Waals surface area (Å²) in [5.41, 5.74) is 1.22. The number of rotatable bonds is 4. The highest BCUT2D eigenvalue weighted by Gasteiger charge is 2.12. The number of ether oxygens (including phenoxy) is 1. The molecule has 0 aliphatic heterocycles. The quantitative estimate of drug-likeness (QED) is 0.906. The molecule has 1 N–H and O–H groups in total. The van der Waals surface area contributed by atoms with Crippen molar-refractivity contribution in [3.8, 4) is 5.75 Å². The van der Waals surface area contributed by atoms with E-state index in [4.69, 9.17) is 4.74 Å². The van der Waals surface area contributed by atoms with E-state index in [0.717, 1.165) is 10.0 Å². The molecule has 0 fully saturated rings. The van der Waals surface area contributed by atoms with Crippen LogP contribution in [0.5, 0.6) is 5.75 Å². The SMILES string of the molecule is Cc1cc(Br)cc(CO)c1OCc1c(F)cccc1F. The fourth-order valence-corrected chi connectivity index (χ4v) is 2.56. The summed E-state index contributed by atoms with van der Waals surface area (Å²) in [6, 6.07) is 7.19. The Kier molecular flexibility index (Phi) is 4.73. The molecule has 0 heterocycles. The molecule has 2 nitrogen and oxygen atoms in total. The summed E-state index contributed by atoms with van der Waals surface area (Å²) in [6.45, 7) is 1.36. The first kappa shape index (κ1) is 14.9. The summed E-state index contributed by atoms with van der Waals surface area (Å²) in [5.74, 6) is -0.853. The van der Waals surface area contributed by atoms with Crippen LogP contribution in [0.4, 0.5) is 8.78 Å². The van der Waals surface area contributed by atoms with Gasteiger partial charge in [0, 0.05) is 10.0 Å². The standard InChI is InChI=1S/C15H13BrF2O2/c1-9-5-11(16)6-10(7-19)15(9)20-8-12-13(17)3-2-4-14(12)18/h2-6,19H,7-8H2,1H3. The molecule has 2 aromatic carbocycles. The molecule has 20 heavy (non-hydrogen) atoms. The Morgan fingerprint density at radius 1 is 1.20 bits per heavy atom. The van der Waals surface area contributed by atoms with Crippen molar-refractivity contribution >= 4 is 15.9 Å². The lowest BCUT2D eigenvalue weighted by Crippen LogP contribution is -2.05. The van der Waals surface area contributed by atoms with Crippen LogP contribution in [0.1, 0.15) is 16.7 Å². The second kappa shape index (κ2) is 6.33. The van der Waals surface area contributed by atoms with Crippen molar-refractivity contribution in [3.05, 3.63) is 63.1 Å². The van der Waals surface area contributed by atoms with E-state index in [1.54, 1.807) is 13.0 Å². The number of hydrogen-bond acceptors (Lipinski definition) is 2. The maximum absolute atomic E-state index is 13.5. The summed E-state index contributed by atoms with van der Waals surface area (Å²) in [5, 5.41) is 9.32. The maximum atomic E-state index is 13.5. The minimum Gasteiger partial charge on any atom is -0.488 e. The van der Waals surface area contributed by atoms with Crippen LogP contribution in [-0.2, 0) is 13.2 Å². The molecule has 2 aromatic rings. The molecule has 0 aromatic heterocycles. The van der Waals surface area contributed by atoms with Gasteiger partial charge in [-0.25, -0.2) is 8.78 Å². The molecule has 0 atom stereocenters. The predicted molar refractivity (Wildman–Crippen MR) is 75.5 cm³/mol. The minimum atomic E-state index is -0.648. The van der Waals surface area contributed by atoms with Crippen molar-refractivity contribution < 1.29 is 18.6 Å². The van der Waals surface area contributed by atoms with Gasteiger partial charge in [-0.05, 0) is 36.8 Å². The second-order valence-electron chi connectivity index (χ2n) is 4.36. The third-order valence-electron chi connectivity index (χ3n) is 2.91. The fraction of sp³-hybridized carbons (Fsp3) is 0.200. The number of aryl methyl sites for hydroxylation is 1. The van der Waals surface area contributed by atoms with Crippen molar-refractivity contribution in [1.29, 1.82) is 0 Å². The molecule has 0 aliphatic rings. The van der Waals surface area contributed by atoms with Crippen molar-refractivity contribution in [2.75, 3.05) is 0 Å². The summed E-state index contributed by atoms with van der Waals surface area (Å²) >= 11 is 3.32. The highest BCUT2D eigenvalue weighted by molar-refractivity contribution is 9.10. The van der Waals surface area contributed by atoms with E-state index in [1.165, 1.54) is 18.2 Å². The highest BCUT2D eigenvalue weighted by Crippen LogP contribution is 2.29. The topological polar surface area (TPSA) is 29.5 Å². The third kappa shape index (κ3) is 3.16. The number of benzene rings is 2. The van der Waals surface area contributed by atoms with E-state index < -0.39 is 11.6 Å². The van der Waals surface area contributed by atoms with Crippen molar-refractivity contribution in [3.63, 3.8) is 0 Å². The Bertz CT molecular complexity index is 609. The van der Waals surface area contributed by atoms with Crippen LogP contribution in [0.25, 0.3) is 0 Å². The third-order valence-corrected chi connectivity index (χ3v) is 3.37. The van der Waals surface area contributed by atoms with Crippen molar-refractivity contribution in [2.24, 2.45) is 0 Å². The van der Waals surface area contributed by atoms with Crippen LogP contribution in [0.3, 0.4) is 0 Å². The van der Waals surface area contributed by atoms with E-state index >= 15 is 0 Å². The van der Waals surface area contributed by atoms with Gasteiger partial charge in [-0.15, -0.1) is 0 Å². The van der Waals surface area contributed by atoms with Gasteiger partial charge in [0.25, 0.3) is 0 Å². The zero-order valence-corrected chi connectivity index (χ0v) is 12.4. The highest BCUT2D eigenvalue weighted by atomic mass is 79.9. The Labute approximate surface area is 124 Å². The summed E-state index contributed by atoms with van der Waals surface area (Å²) in [7, 11) is 0. The van der Waals surface area contributed by atoms with Gasteiger partial charge in [-0.2, -0.15) is 0 Å². The molecular weight excluding hydrogens is 330 g/mol. The lowest BCUT2D eigenvalue weighted by Gasteiger charge is -2.14. The first-order valence-electron chi connectivity index (χ1n) is 5.98. The molecule has 0 unspecified atom stereocenters. The lowest BCUT2D eigenvalue weighted by molar-refractivity contribution is 0.254. The Balaban J connectivity index is 2.27.